The van der Waals surface area contributed by atoms with E-state index in [1.165, 1.54) is 0 Å². The highest BCUT2D eigenvalue weighted by atomic mass is 32.1. The van der Waals surface area contributed by atoms with Crippen LogP contribution in [0.4, 0.5) is 0 Å². The van der Waals surface area contributed by atoms with E-state index in [0.717, 1.165) is 31.6 Å². The zero-order valence-electron chi connectivity index (χ0n) is 13.9. The molecule has 116 valence electrons. The molecule has 1 unspecified atom stereocenters. The molecule has 3 heteroatoms. The molecule has 0 aromatic carbocycles. The SMILES string of the molecule is CC(C)CCOC(C)(S)CC(C)(C)CC(C)(C)CS. The highest BCUT2D eigenvalue weighted by molar-refractivity contribution is 7.81. The van der Waals surface area contributed by atoms with Crippen LogP contribution in [0.3, 0.4) is 0 Å². The van der Waals surface area contributed by atoms with Gasteiger partial charge in [-0.3, -0.25) is 0 Å². The lowest BCUT2D eigenvalue weighted by molar-refractivity contribution is -0.00221. The van der Waals surface area contributed by atoms with E-state index in [9.17, 15) is 0 Å². The van der Waals surface area contributed by atoms with Gasteiger partial charge in [0, 0.05) is 6.61 Å². The molecule has 1 atom stereocenters. The van der Waals surface area contributed by atoms with Crippen molar-refractivity contribution in [1.82, 2.24) is 0 Å². The van der Waals surface area contributed by atoms with Crippen LogP contribution in [0.2, 0.25) is 0 Å². The molecule has 0 amide bonds. The van der Waals surface area contributed by atoms with Crippen molar-refractivity contribution in [2.24, 2.45) is 16.7 Å². The van der Waals surface area contributed by atoms with Gasteiger partial charge in [-0.1, -0.05) is 41.5 Å². The number of ether oxygens (including phenoxy) is 1. The maximum atomic E-state index is 5.97. The second-order valence-electron chi connectivity index (χ2n) is 8.05. The predicted molar refractivity (Wildman–Crippen MR) is 93.4 cm³/mol. The Morgan fingerprint density at radius 2 is 1.47 bits per heavy atom. The Morgan fingerprint density at radius 1 is 0.947 bits per heavy atom. The predicted octanol–water partition coefficient (Wildman–Crippen LogP) is 5.46. The number of thiol groups is 2. The van der Waals surface area contributed by atoms with Crippen molar-refractivity contribution in [3.63, 3.8) is 0 Å². The summed E-state index contributed by atoms with van der Waals surface area (Å²) in [5.41, 5.74) is 0.467. The van der Waals surface area contributed by atoms with Crippen LogP contribution < -0.4 is 0 Å². The standard InChI is InChI=1S/C16H34OS2/c1-13(2)8-9-17-16(7,19)11-14(3,4)10-15(5,6)12-18/h13,18-19H,8-12H2,1-7H3. The van der Waals surface area contributed by atoms with Crippen molar-refractivity contribution in [1.29, 1.82) is 0 Å². The van der Waals surface area contributed by atoms with Gasteiger partial charge in [0.25, 0.3) is 0 Å². The minimum Gasteiger partial charge on any atom is -0.365 e. The molecule has 0 N–H and O–H groups in total. The molecule has 0 aliphatic heterocycles. The van der Waals surface area contributed by atoms with Crippen LogP contribution in [-0.2, 0) is 4.74 Å². The Bertz CT molecular complexity index is 257. The molecule has 0 fully saturated rings. The molecule has 0 radical (unpaired) electrons. The molecule has 0 saturated carbocycles. The molecule has 0 bridgehead atoms. The summed E-state index contributed by atoms with van der Waals surface area (Å²) in [4.78, 5) is -0.342. The van der Waals surface area contributed by atoms with Crippen LogP contribution in [0, 0.1) is 16.7 Å². The van der Waals surface area contributed by atoms with Crippen LogP contribution in [0.15, 0.2) is 0 Å². The summed E-state index contributed by atoms with van der Waals surface area (Å²) in [6, 6.07) is 0. The molecule has 0 heterocycles. The lowest BCUT2D eigenvalue weighted by atomic mass is 9.73. The summed E-state index contributed by atoms with van der Waals surface area (Å²) < 4.78 is 5.97. The van der Waals surface area contributed by atoms with Crippen LogP contribution >= 0.6 is 25.3 Å². The average Bonchev–Trinajstić information content (AvgIpc) is 2.12. The zero-order valence-corrected chi connectivity index (χ0v) is 15.7. The average molecular weight is 307 g/mol. The summed E-state index contributed by atoms with van der Waals surface area (Å²) in [7, 11) is 0. The van der Waals surface area contributed by atoms with Crippen molar-refractivity contribution in [3.05, 3.63) is 0 Å². The van der Waals surface area contributed by atoms with Crippen LogP contribution in [-0.4, -0.2) is 17.3 Å². The number of hydrogen-bond donors (Lipinski definition) is 2. The van der Waals surface area contributed by atoms with E-state index in [1.807, 2.05) is 0 Å². The second kappa shape index (κ2) is 7.61. The molecule has 0 aromatic rings. The van der Waals surface area contributed by atoms with Gasteiger partial charge in [-0.2, -0.15) is 12.6 Å². The van der Waals surface area contributed by atoms with Gasteiger partial charge in [-0.25, -0.2) is 0 Å². The highest BCUT2D eigenvalue weighted by Crippen LogP contribution is 2.41. The van der Waals surface area contributed by atoms with Crippen molar-refractivity contribution in [2.45, 2.75) is 72.7 Å². The van der Waals surface area contributed by atoms with Gasteiger partial charge in [-0.15, -0.1) is 12.6 Å². The van der Waals surface area contributed by atoms with Crippen molar-refractivity contribution >= 4 is 25.3 Å². The van der Waals surface area contributed by atoms with E-state index in [0.29, 0.717) is 5.92 Å². The fraction of sp³-hybridized carbons (Fsp3) is 1.00. The Morgan fingerprint density at radius 3 is 1.89 bits per heavy atom. The lowest BCUT2D eigenvalue weighted by Gasteiger charge is -2.39. The summed E-state index contributed by atoms with van der Waals surface area (Å²) in [5.74, 6) is 1.59. The van der Waals surface area contributed by atoms with Crippen LogP contribution in [0.1, 0.15) is 67.7 Å². The van der Waals surface area contributed by atoms with Crippen molar-refractivity contribution in [2.75, 3.05) is 12.4 Å². The second-order valence-corrected chi connectivity index (χ2v) is 9.31. The molecular weight excluding hydrogens is 272 g/mol. The Hall–Kier alpha value is 0.660. The summed E-state index contributed by atoms with van der Waals surface area (Å²) in [5, 5.41) is 0. The van der Waals surface area contributed by atoms with Gasteiger partial charge in [0.1, 0.15) is 4.93 Å². The van der Waals surface area contributed by atoms with Crippen LogP contribution in [0.5, 0.6) is 0 Å². The Labute approximate surface area is 132 Å². The maximum Gasteiger partial charge on any atom is 0.108 e. The van der Waals surface area contributed by atoms with E-state index in [-0.39, 0.29) is 15.8 Å². The molecule has 0 aromatic heterocycles. The van der Waals surface area contributed by atoms with E-state index < -0.39 is 0 Å². The molecular formula is C16H34OS2. The minimum atomic E-state index is -0.342. The highest BCUT2D eigenvalue weighted by Gasteiger charge is 2.34. The molecule has 0 aliphatic rings. The topological polar surface area (TPSA) is 9.23 Å². The van der Waals surface area contributed by atoms with Gasteiger partial charge in [0.15, 0.2) is 0 Å². The fourth-order valence-electron chi connectivity index (χ4n) is 2.87. The van der Waals surface area contributed by atoms with E-state index >= 15 is 0 Å². The van der Waals surface area contributed by atoms with E-state index in [2.05, 4.69) is 61.1 Å². The molecule has 0 aliphatic carbocycles. The van der Waals surface area contributed by atoms with Gasteiger partial charge in [-0.05, 0) is 48.7 Å². The number of rotatable bonds is 9. The first-order valence-corrected chi connectivity index (χ1v) is 8.44. The Balaban J connectivity index is 4.37. The number of hydrogen-bond acceptors (Lipinski definition) is 3. The Kier molecular flexibility index (Phi) is 7.87. The lowest BCUT2D eigenvalue weighted by Crippen LogP contribution is -2.33. The van der Waals surface area contributed by atoms with Gasteiger partial charge in [0.05, 0.1) is 0 Å². The largest absolute Gasteiger partial charge is 0.365 e. The van der Waals surface area contributed by atoms with Crippen LogP contribution in [0.25, 0.3) is 0 Å². The van der Waals surface area contributed by atoms with E-state index in [4.69, 9.17) is 17.4 Å². The molecule has 19 heavy (non-hydrogen) atoms. The third-order valence-electron chi connectivity index (χ3n) is 3.30. The summed E-state index contributed by atoms with van der Waals surface area (Å²) in [6.07, 6.45) is 3.18. The van der Waals surface area contributed by atoms with Gasteiger partial charge < -0.3 is 4.74 Å². The molecule has 0 rings (SSSR count). The van der Waals surface area contributed by atoms with Crippen molar-refractivity contribution < 1.29 is 4.74 Å². The summed E-state index contributed by atoms with van der Waals surface area (Å²) >= 11 is 9.17. The normalized spacial score (nSPS) is 16.7. The molecule has 0 saturated heterocycles. The van der Waals surface area contributed by atoms with E-state index in [1.54, 1.807) is 0 Å². The molecule has 0 spiro atoms. The van der Waals surface area contributed by atoms with Gasteiger partial charge in [0.2, 0.25) is 0 Å². The first-order valence-electron chi connectivity index (χ1n) is 7.36. The summed E-state index contributed by atoms with van der Waals surface area (Å²) in [6.45, 7) is 16.5. The zero-order chi connectivity index (χ0) is 15.3. The smallest absolute Gasteiger partial charge is 0.108 e. The van der Waals surface area contributed by atoms with Crippen molar-refractivity contribution in [3.8, 4) is 0 Å². The third kappa shape index (κ3) is 10.1. The molecule has 1 nitrogen and oxygen atoms in total. The fourth-order valence-corrected chi connectivity index (χ4v) is 3.50. The minimum absolute atomic E-state index is 0.209. The first-order chi connectivity index (χ1) is 8.39. The van der Waals surface area contributed by atoms with Gasteiger partial charge >= 0.3 is 0 Å². The quantitative estimate of drug-likeness (QED) is 0.425. The monoisotopic (exact) mass is 306 g/mol. The first kappa shape index (κ1) is 19.7. The third-order valence-corrected chi connectivity index (χ3v) is 4.44. The maximum absolute atomic E-state index is 5.97.